The minimum atomic E-state index is -0.856. The van der Waals surface area contributed by atoms with Gasteiger partial charge in [0.1, 0.15) is 5.82 Å². The lowest BCUT2D eigenvalue weighted by atomic mass is 10.1. The minimum absolute atomic E-state index is 0.0192. The second-order valence-corrected chi connectivity index (χ2v) is 6.65. The predicted octanol–water partition coefficient (Wildman–Crippen LogP) is 5.35. The Labute approximate surface area is 184 Å². The molecule has 0 aliphatic heterocycles. The Kier molecular flexibility index (Phi) is 6.50. The van der Waals surface area contributed by atoms with Gasteiger partial charge in [0.2, 0.25) is 5.75 Å². The molecular formula is C20H13ClFN3O7. The molecule has 3 aromatic carbocycles. The molecule has 0 saturated carbocycles. The summed E-state index contributed by atoms with van der Waals surface area (Å²) in [5.41, 5.74) is -1.12. The Morgan fingerprint density at radius 2 is 1.69 bits per heavy atom. The van der Waals surface area contributed by atoms with Gasteiger partial charge >= 0.3 is 5.69 Å². The monoisotopic (exact) mass is 461 g/mol. The van der Waals surface area contributed by atoms with E-state index in [1.165, 1.54) is 37.4 Å². The SMILES string of the molecule is COc1cc(C(=O)Nc2cc([N+](=O)[O-])ccc2F)ccc1Oc1ccc(Cl)cc1[N+](=O)[O-]. The van der Waals surface area contributed by atoms with Gasteiger partial charge in [-0.1, -0.05) is 11.6 Å². The van der Waals surface area contributed by atoms with E-state index >= 15 is 0 Å². The van der Waals surface area contributed by atoms with E-state index in [0.29, 0.717) is 0 Å². The molecule has 0 fully saturated rings. The van der Waals surface area contributed by atoms with Gasteiger partial charge in [0.25, 0.3) is 11.6 Å². The highest BCUT2D eigenvalue weighted by molar-refractivity contribution is 6.30. The van der Waals surface area contributed by atoms with Gasteiger partial charge in [-0.2, -0.15) is 0 Å². The van der Waals surface area contributed by atoms with Crippen molar-refractivity contribution in [2.75, 3.05) is 12.4 Å². The van der Waals surface area contributed by atoms with E-state index in [1.807, 2.05) is 0 Å². The average Bonchev–Trinajstić information content (AvgIpc) is 2.76. The van der Waals surface area contributed by atoms with Gasteiger partial charge in [0.15, 0.2) is 11.5 Å². The maximum absolute atomic E-state index is 13.9. The van der Waals surface area contributed by atoms with Gasteiger partial charge in [0, 0.05) is 28.8 Å². The molecule has 12 heteroatoms. The Morgan fingerprint density at radius 1 is 0.969 bits per heavy atom. The smallest absolute Gasteiger partial charge is 0.313 e. The van der Waals surface area contributed by atoms with Crippen molar-refractivity contribution >= 4 is 34.6 Å². The zero-order valence-electron chi connectivity index (χ0n) is 16.2. The van der Waals surface area contributed by atoms with Crippen molar-refractivity contribution in [1.29, 1.82) is 0 Å². The number of hydrogen-bond acceptors (Lipinski definition) is 7. The van der Waals surface area contributed by atoms with Crippen LogP contribution in [0.3, 0.4) is 0 Å². The minimum Gasteiger partial charge on any atom is -0.493 e. The molecule has 1 N–H and O–H groups in total. The van der Waals surface area contributed by atoms with Crippen molar-refractivity contribution in [2.45, 2.75) is 0 Å². The largest absolute Gasteiger partial charge is 0.493 e. The Hall–Kier alpha value is -4.25. The molecule has 3 aromatic rings. The summed E-state index contributed by atoms with van der Waals surface area (Å²) in [4.78, 5) is 33.2. The molecular weight excluding hydrogens is 449 g/mol. The van der Waals surface area contributed by atoms with Crippen molar-refractivity contribution < 1.29 is 28.5 Å². The highest BCUT2D eigenvalue weighted by Crippen LogP contribution is 2.38. The van der Waals surface area contributed by atoms with E-state index in [4.69, 9.17) is 21.1 Å². The number of nitro benzene ring substituents is 2. The highest BCUT2D eigenvalue weighted by Gasteiger charge is 2.20. The molecule has 0 atom stereocenters. The first kappa shape index (κ1) is 22.4. The molecule has 0 aliphatic carbocycles. The number of ether oxygens (including phenoxy) is 2. The molecule has 0 aliphatic rings. The van der Waals surface area contributed by atoms with Crippen LogP contribution in [-0.2, 0) is 0 Å². The molecule has 10 nitrogen and oxygen atoms in total. The predicted molar refractivity (Wildman–Crippen MR) is 112 cm³/mol. The van der Waals surface area contributed by atoms with Gasteiger partial charge in [-0.25, -0.2) is 4.39 Å². The summed E-state index contributed by atoms with van der Waals surface area (Å²) in [5.74, 6) is -1.61. The normalized spacial score (nSPS) is 10.3. The Balaban J connectivity index is 1.88. The lowest BCUT2D eigenvalue weighted by Crippen LogP contribution is -2.13. The van der Waals surface area contributed by atoms with Crippen LogP contribution in [0.25, 0.3) is 0 Å². The number of non-ortho nitro benzene ring substituents is 1. The van der Waals surface area contributed by atoms with Crippen molar-refractivity contribution in [3.8, 4) is 17.2 Å². The molecule has 3 rings (SSSR count). The van der Waals surface area contributed by atoms with Crippen molar-refractivity contribution in [1.82, 2.24) is 0 Å². The van der Waals surface area contributed by atoms with Crippen molar-refractivity contribution in [3.63, 3.8) is 0 Å². The number of carbonyl (C=O) groups excluding carboxylic acids is 1. The van der Waals surface area contributed by atoms with Gasteiger partial charge in [-0.15, -0.1) is 0 Å². The lowest BCUT2D eigenvalue weighted by Gasteiger charge is -2.12. The third kappa shape index (κ3) is 4.90. The summed E-state index contributed by atoms with van der Waals surface area (Å²) >= 11 is 5.79. The number of nitrogens with zero attached hydrogens (tertiary/aromatic N) is 2. The number of halogens is 2. The molecule has 0 aromatic heterocycles. The van der Waals surface area contributed by atoms with Gasteiger partial charge in [0.05, 0.1) is 22.6 Å². The number of amides is 1. The number of methoxy groups -OCH3 is 1. The third-order valence-electron chi connectivity index (χ3n) is 4.17. The first-order valence-electron chi connectivity index (χ1n) is 8.74. The molecule has 1 amide bonds. The van der Waals surface area contributed by atoms with E-state index in [2.05, 4.69) is 5.32 Å². The number of carbonyl (C=O) groups is 1. The topological polar surface area (TPSA) is 134 Å². The summed E-state index contributed by atoms with van der Waals surface area (Å²) in [6.45, 7) is 0. The van der Waals surface area contributed by atoms with E-state index in [1.54, 1.807) is 0 Å². The van der Waals surface area contributed by atoms with Crippen molar-refractivity contribution in [2.24, 2.45) is 0 Å². The quantitative estimate of drug-likeness (QED) is 0.370. The summed E-state index contributed by atoms with van der Waals surface area (Å²) < 4.78 is 24.7. The summed E-state index contributed by atoms with van der Waals surface area (Å²) in [5, 5.41) is 24.5. The van der Waals surface area contributed by atoms with Crippen LogP contribution in [0.1, 0.15) is 10.4 Å². The summed E-state index contributed by atoms with van der Waals surface area (Å²) in [7, 11) is 1.29. The second-order valence-electron chi connectivity index (χ2n) is 6.21. The zero-order valence-corrected chi connectivity index (χ0v) is 17.0. The first-order chi connectivity index (χ1) is 15.2. The van der Waals surface area contributed by atoms with E-state index < -0.39 is 27.3 Å². The molecule has 0 saturated heterocycles. The molecule has 0 radical (unpaired) electrons. The van der Waals surface area contributed by atoms with Gasteiger partial charge < -0.3 is 14.8 Å². The summed E-state index contributed by atoms with van der Waals surface area (Å²) in [6, 6.07) is 10.5. The molecule has 164 valence electrons. The fourth-order valence-electron chi connectivity index (χ4n) is 2.65. The third-order valence-corrected chi connectivity index (χ3v) is 4.41. The fraction of sp³-hybridized carbons (Fsp3) is 0.0500. The molecule has 0 spiro atoms. The average molecular weight is 462 g/mol. The maximum atomic E-state index is 13.9. The van der Waals surface area contributed by atoms with Crippen LogP contribution in [0.15, 0.2) is 54.6 Å². The summed E-state index contributed by atoms with van der Waals surface area (Å²) in [6.07, 6.45) is 0. The van der Waals surface area contributed by atoms with Gasteiger partial charge in [-0.3, -0.25) is 25.0 Å². The highest BCUT2D eigenvalue weighted by atomic mass is 35.5. The molecule has 0 unspecified atom stereocenters. The number of benzene rings is 3. The van der Waals surface area contributed by atoms with E-state index in [-0.39, 0.29) is 39.2 Å². The second kappa shape index (κ2) is 9.27. The first-order valence-corrected chi connectivity index (χ1v) is 9.12. The van der Waals surface area contributed by atoms with Crippen molar-refractivity contribution in [3.05, 3.63) is 91.2 Å². The zero-order chi connectivity index (χ0) is 23.4. The number of nitro groups is 2. The van der Waals surface area contributed by atoms with E-state index in [9.17, 15) is 29.4 Å². The lowest BCUT2D eigenvalue weighted by molar-refractivity contribution is -0.385. The van der Waals surface area contributed by atoms with Gasteiger partial charge in [-0.05, 0) is 36.4 Å². The van der Waals surface area contributed by atoms with Crippen LogP contribution < -0.4 is 14.8 Å². The molecule has 32 heavy (non-hydrogen) atoms. The number of anilines is 1. The molecule has 0 heterocycles. The Morgan fingerprint density at radius 3 is 2.34 bits per heavy atom. The standard InChI is InChI=1S/C20H13ClFN3O7/c1-31-19-8-11(20(26)23-15-10-13(24(27)28)4-5-14(15)22)2-6-18(19)32-17-7-3-12(21)9-16(17)25(29)30/h2-10H,1H3,(H,23,26). The van der Waals surface area contributed by atoms with E-state index in [0.717, 1.165) is 24.3 Å². The van der Waals surface area contributed by atoms with Crippen LogP contribution in [0.2, 0.25) is 5.02 Å². The maximum Gasteiger partial charge on any atom is 0.313 e. The van der Waals surface area contributed by atoms with Crippen LogP contribution in [-0.4, -0.2) is 22.9 Å². The van der Waals surface area contributed by atoms with Crippen LogP contribution in [0.5, 0.6) is 17.2 Å². The van der Waals surface area contributed by atoms with Crippen LogP contribution in [0.4, 0.5) is 21.5 Å². The number of nitrogens with one attached hydrogen (secondary N) is 1. The van der Waals surface area contributed by atoms with Crippen LogP contribution >= 0.6 is 11.6 Å². The Bertz CT molecular complexity index is 1240. The number of rotatable bonds is 7. The number of hydrogen-bond donors (Lipinski definition) is 1. The fourth-order valence-corrected chi connectivity index (χ4v) is 2.81. The molecule has 0 bridgehead atoms. The van der Waals surface area contributed by atoms with Crippen LogP contribution in [0, 0.1) is 26.0 Å².